The average molecular weight is 374 g/mol. The number of rotatable bonds is 6. The molecule has 1 atom stereocenters. The lowest BCUT2D eigenvalue weighted by atomic mass is 10.2. The predicted molar refractivity (Wildman–Crippen MR) is 98.4 cm³/mol. The lowest BCUT2D eigenvalue weighted by Gasteiger charge is -2.09. The first-order chi connectivity index (χ1) is 12.4. The minimum atomic E-state index is -1.34. The summed E-state index contributed by atoms with van der Waals surface area (Å²) < 4.78 is 16.6. The van der Waals surface area contributed by atoms with Crippen LogP contribution in [0.4, 0.5) is 11.4 Å². The molecule has 0 aliphatic carbocycles. The molecule has 7 nitrogen and oxygen atoms in total. The van der Waals surface area contributed by atoms with Crippen molar-refractivity contribution in [2.45, 2.75) is 11.8 Å². The number of esters is 1. The smallest absolute Gasteiger partial charge is 0.339 e. The Balaban J connectivity index is 1.91. The van der Waals surface area contributed by atoms with Crippen molar-refractivity contribution in [2.24, 2.45) is 0 Å². The van der Waals surface area contributed by atoms with Crippen molar-refractivity contribution in [1.29, 1.82) is 0 Å². The van der Waals surface area contributed by atoms with E-state index in [0.29, 0.717) is 16.3 Å². The normalized spacial score (nSPS) is 11.3. The van der Waals surface area contributed by atoms with E-state index in [9.17, 15) is 18.6 Å². The topological polar surface area (TPSA) is 102 Å². The molecular formula is C18H18N2O5S. The standard InChI is InChI=1S/C18H18N2O5S/c1-12(21)19-13-7-9-14(10-8-13)20-17(22)11-25-18(23)15-5-3-4-6-16(15)26(2)24/h3-10H,11H2,1-2H3,(H,19,21)(H,20,22)/t26-/m1/s1. The second-order valence-electron chi connectivity index (χ2n) is 5.33. The minimum Gasteiger partial charge on any atom is -0.452 e. The fraction of sp³-hybridized carbons (Fsp3) is 0.167. The van der Waals surface area contributed by atoms with Crippen molar-refractivity contribution in [3.05, 3.63) is 54.1 Å². The first-order valence-electron chi connectivity index (χ1n) is 7.64. The van der Waals surface area contributed by atoms with Gasteiger partial charge in [-0.15, -0.1) is 0 Å². The number of nitrogens with one attached hydrogen (secondary N) is 2. The van der Waals surface area contributed by atoms with Gasteiger partial charge in [-0.1, -0.05) is 12.1 Å². The average Bonchev–Trinajstić information content (AvgIpc) is 2.61. The summed E-state index contributed by atoms with van der Waals surface area (Å²) in [6.45, 7) is 0.924. The highest BCUT2D eigenvalue weighted by Crippen LogP contribution is 2.15. The number of benzene rings is 2. The zero-order chi connectivity index (χ0) is 19.1. The molecule has 0 spiro atoms. The van der Waals surface area contributed by atoms with Gasteiger partial charge in [-0.2, -0.15) is 0 Å². The van der Waals surface area contributed by atoms with Gasteiger partial charge in [0.1, 0.15) is 0 Å². The SMILES string of the molecule is CC(=O)Nc1ccc(NC(=O)COC(=O)c2ccccc2[S@@](C)=O)cc1. The Hall–Kier alpha value is -3.00. The number of ether oxygens (including phenoxy) is 1. The zero-order valence-corrected chi connectivity index (χ0v) is 15.1. The maximum Gasteiger partial charge on any atom is 0.339 e. The molecule has 0 bridgehead atoms. The van der Waals surface area contributed by atoms with Gasteiger partial charge < -0.3 is 15.4 Å². The Bertz CT molecular complexity index is 849. The fourth-order valence-electron chi connectivity index (χ4n) is 2.13. The van der Waals surface area contributed by atoms with Gasteiger partial charge in [-0.25, -0.2) is 4.79 Å². The number of anilines is 2. The molecule has 2 aromatic carbocycles. The van der Waals surface area contributed by atoms with E-state index in [0.717, 1.165) is 0 Å². The van der Waals surface area contributed by atoms with Crippen molar-refractivity contribution in [3.8, 4) is 0 Å². The molecule has 0 aliphatic rings. The molecule has 0 saturated heterocycles. The van der Waals surface area contributed by atoms with Crippen LogP contribution in [-0.2, 0) is 25.1 Å². The third-order valence-corrected chi connectivity index (χ3v) is 4.22. The highest BCUT2D eigenvalue weighted by atomic mass is 32.2. The van der Waals surface area contributed by atoms with E-state index in [-0.39, 0.29) is 11.5 Å². The number of carbonyl (C=O) groups excluding carboxylic acids is 3. The fourth-order valence-corrected chi connectivity index (χ4v) is 2.86. The van der Waals surface area contributed by atoms with E-state index >= 15 is 0 Å². The van der Waals surface area contributed by atoms with Crippen molar-refractivity contribution in [3.63, 3.8) is 0 Å². The molecule has 0 aliphatic heterocycles. The Kier molecular flexibility index (Phi) is 6.62. The summed E-state index contributed by atoms with van der Waals surface area (Å²) in [6, 6.07) is 12.9. The predicted octanol–water partition coefficient (Wildman–Crippen LogP) is 2.18. The molecule has 2 rings (SSSR count). The Morgan fingerprint density at radius 3 is 2.12 bits per heavy atom. The molecule has 136 valence electrons. The monoisotopic (exact) mass is 374 g/mol. The van der Waals surface area contributed by atoms with Crippen LogP contribution in [-0.4, -0.2) is 34.9 Å². The van der Waals surface area contributed by atoms with Gasteiger partial charge in [-0.05, 0) is 36.4 Å². The summed E-state index contributed by atoms with van der Waals surface area (Å²) in [5, 5.41) is 5.19. The molecule has 2 aromatic rings. The van der Waals surface area contributed by atoms with Crippen LogP contribution in [0, 0.1) is 0 Å². The molecule has 2 N–H and O–H groups in total. The maximum absolute atomic E-state index is 12.1. The summed E-state index contributed by atoms with van der Waals surface area (Å²) in [6.07, 6.45) is 1.46. The van der Waals surface area contributed by atoms with Crippen LogP contribution < -0.4 is 10.6 Å². The lowest BCUT2D eigenvalue weighted by molar-refractivity contribution is -0.119. The largest absolute Gasteiger partial charge is 0.452 e. The summed E-state index contributed by atoms with van der Waals surface area (Å²) in [5.41, 5.74) is 1.27. The van der Waals surface area contributed by atoms with Gasteiger partial charge in [0.2, 0.25) is 5.91 Å². The summed E-state index contributed by atoms with van der Waals surface area (Å²) in [7, 11) is -1.34. The molecule has 26 heavy (non-hydrogen) atoms. The van der Waals surface area contributed by atoms with Crippen molar-refractivity contribution in [1.82, 2.24) is 0 Å². The maximum atomic E-state index is 12.1. The molecule has 8 heteroatoms. The Morgan fingerprint density at radius 2 is 1.54 bits per heavy atom. The van der Waals surface area contributed by atoms with Gasteiger partial charge >= 0.3 is 5.97 Å². The van der Waals surface area contributed by atoms with E-state index in [1.54, 1.807) is 42.5 Å². The second kappa shape index (κ2) is 8.91. The van der Waals surface area contributed by atoms with Crippen LogP contribution in [0.2, 0.25) is 0 Å². The van der Waals surface area contributed by atoms with E-state index in [4.69, 9.17) is 4.74 Å². The molecular weight excluding hydrogens is 356 g/mol. The first kappa shape index (κ1) is 19.3. The summed E-state index contributed by atoms with van der Waals surface area (Å²) >= 11 is 0. The van der Waals surface area contributed by atoms with Gasteiger partial charge in [-0.3, -0.25) is 13.8 Å². The second-order valence-corrected chi connectivity index (χ2v) is 6.68. The number of hydrogen-bond donors (Lipinski definition) is 2. The molecule has 0 radical (unpaired) electrons. The number of amides is 2. The van der Waals surface area contributed by atoms with Gasteiger partial charge in [0.05, 0.1) is 21.3 Å². The zero-order valence-electron chi connectivity index (χ0n) is 14.3. The molecule has 2 amide bonds. The first-order valence-corrected chi connectivity index (χ1v) is 9.19. The lowest BCUT2D eigenvalue weighted by Crippen LogP contribution is -2.21. The Morgan fingerprint density at radius 1 is 0.962 bits per heavy atom. The van der Waals surface area contributed by atoms with Crippen molar-refractivity contribution >= 4 is 40.0 Å². The van der Waals surface area contributed by atoms with E-state index in [1.807, 2.05) is 0 Å². The number of carbonyl (C=O) groups is 3. The van der Waals surface area contributed by atoms with Crippen molar-refractivity contribution < 1.29 is 23.3 Å². The molecule has 0 heterocycles. The third-order valence-electron chi connectivity index (χ3n) is 3.24. The number of hydrogen-bond acceptors (Lipinski definition) is 5. The van der Waals surface area contributed by atoms with E-state index < -0.39 is 29.3 Å². The van der Waals surface area contributed by atoms with Gasteiger partial charge in [0, 0.05) is 24.6 Å². The van der Waals surface area contributed by atoms with Gasteiger partial charge in [0.15, 0.2) is 6.61 Å². The summed E-state index contributed by atoms with van der Waals surface area (Å²) in [5.74, 6) is -1.42. The van der Waals surface area contributed by atoms with Crippen LogP contribution in [0.25, 0.3) is 0 Å². The Labute approximate surface area is 153 Å². The molecule has 0 fully saturated rings. The van der Waals surface area contributed by atoms with Crippen LogP contribution in [0.3, 0.4) is 0 Å². The van der Waals surface area contributed by atoms with E-state index in [1.165, 1.54) is 19.2 Å². The molecule has 0 aromatic heterocycles. The van der Waals surface area contributed by atoms with Gasteiger partial charge in [0.25, 0.3) is 5.91 Å². The van der Waals surface area contributed by atoms with Crippen molar-refractivity contribution in [2.75, 3.05) is 23.5 Å². The molecule has 0 saturated carbocycles. The third kappa shape index (κ3) is 5.52. The van der Waals surface area contributed by atoms with E-state index in [2.05, 4.69) is 10.6 Å². The highest BCUT2D eigenvalue weighted by molar-refractivity contribution is 7.84. The van der Waals surface area contributed by atoms with Crippen LogP contribution >= 0.6 is 0 Å². The van der Waals surface area contributed by atoms with Crippen LogP contribution in [0.15, 0.2) is 53.4 Å². The van der Waals surface area contributed by atoms with Crippen LogP contribution in [0.1, 0.15) is 17.3 Å². The molecule has 0 unspecified atom stereocenters. The highest BCUT2D eigenvalue weighted by Gasteiger charge is 2.16. The van der Waals surface area contributed by atoms with Crippen LogP contribution in [0.5, 0.6) is 0 Å². The quantitative estimate of drug-likeness (QED) is 0.755. The summed E-state index contributed by atoms with van der Waals surface area (Å²) in [4.78, 5) is 35.3. The minimum absolute atomic E-state index is 0.167.